The van der Waals surface area contributed by atoms with Crippen LogP contribution in [0.3, 0.4) is 0 Å². The Morgan fingerprint density at radius 1 is 1.04 bits per heavy atom. The Kier molecular flexibility index (Phi) is 4.30. The van der Waals surface area contributed by atoms with E-state index in [0.717, 1.165) is 21.5 Å². The molecule has 23 heavy (non-hydrogen) atoms. The Labute approximate surface area is 139 Å². The number of rotatable bonds is 4. The number of thioether (sulfide) groups is 1. The number of aromatic nitrogens is 2. The molecule has 5 heteroatoms. The zero-order valence-corrected chi connectivity index (χ0v) is 13.8. The highest BCUT2D eigenvalue weighted by atomic mass is 32.2. The van der Waals surface area contributed by atoms with Gasteiger partial charge in [0.2, 0.25) is 5.91 Å². The smallest absolute Gasteiger partial charge is 0.240 e. The number of para-hydroxylation sites is 1. The minimum absolute atomic E-state index is 0.0467. The lowest BCUT2D eigenvalue weighted by Crippen LogP contribution is -2.33. The van der Waals surface area contributed by atoms with Crippen LogP contribution in [-0.2, 0) is 4.79 Å². The van der Waals surface area contributed by atoms with Gasteiger partial charge in [-0.25, -0.2) is 0 Å². The molecule has 1 aromatic carbocycles. The van der Waals surface area contributed by atoms with E-state index < -0.39 is 4.75 Å². The Morgan fingerprint density at radius 3 is 2.57 bits per heavy atom. The maximum Gasteiger partial charge on any atom is 0.240 e. The lowest BCUT2D eigenvalue weighted by Gasteiger charge is -2.23. The average molecular weight is 323 g/mol. The van der Waals surface area contributed by atoms with Crippen molar-refractivity contribution >= 4 is 34.3 Å². The fourth-order valence-electron chi connectivity index (χ4n) is 2.20. The van der Waals surface area contributed by atoms with Crippen molar-refractivity contribution in [1.82, 2.24) is 9.97 Å². The summed E-state index contributed by atoms with van der Waals surface area (Å²) in [4.78, 5) is 22.0. The monoisotopic (exact) mass is 323 g/mol. The van der Waals surface area contributed by atoms with E-state index in [0.29, 0.717) is 0 Å². The number of benzene rings is 1. The van der Waals surface area contributed by atoms with Gasteiger partial charge in [0.15, 0.2) is 0 Å². The van der Waals surface area contributed by atoms with Gasteiger partial charge in [0.05, 0.1) is 10.3 Å². The van der Waals surface area contributed by atoms with E-state index in [1.165, 1.54) is 11.8 Å². The molecule has 0 radical (unpaired) electrons. The molecule has 1 N–H and O–H groups in total. The molecule has 0 aliphatic rings. The third-order valence-electron chi connectivity index (χ3n) is 3.46. The Balaban J connectivity index is 1.83. The van der Waals surface area contributed by atoms with Gasteiger partial charge in [-0.2, -0.15) is 0 Å². The van der Waals surface area contributed by atoms with Crippen LogP contribution in [0.25, 0.3) is 10.9 Å². The number of hydrogen-bond donors (Lipinski definition) is 1. The standard InChI is InChI=1S/C18H17N3OS/c1-18(2,17(22)21-13-7-10-19-11-8-13)23-16-9-12-20-15-6-4-3-5-14(15)16/h3-12H,1-2H3,(H,19,21,22). The molecule has 0 saturated carbocycles. The summed E-state index contributed by atoms with van der Waals surface area (Å²) in [6, 6.07) is 13.5. The van der Waals surface area contributed by atoms with Crippen molar-refractivity contribution in [3.8, 4) is 0 Å². The topological polar surface area (TPSA) is 54.9 Å². The van der Waals surface area contributed by atoms with E-state index in [1.54, 1.807) is 30.7 Å². The van der Waals surface area contributed by atoms with Crippen LogP contribution in [-0.4, -0.2) is 20.6 Å². The van der Waals surface area contributed by atoms with Gasteiger partial charge in [0.25, 0.3) is 0 Å². The number of fused-ring (bicyclic) bond motifs is 1. The van der Waals surface area contributed by atoms with Crippen LogP contribution in [0.2, 0.25) is 0 Å². The van der Waals surface area contributed by atoms with Gasteiger partial charge in [-0.3, -0.25) is 14.8 Å². The molecule has 4 nitrogen and oxygen atoms in total. The fourth-order valence-corrected chi connectivity index (χ4v) is 3.30. The third-order valence-corrected chi connectivity index (χ3v) is 4.73. The first-order valence-electron chi connectivity index (χ1n) is 7.30. The largest absolute Gasteiger partial charge is 0.325 e. The van der Waals surface area contributed by atoms with Crippen LogP contribution in [0.1, 0.15) is 13.8 Å². The fraction of sp³-hybridized carbons (Fsp3) is 0.167. The number of nitrogens with zero attached hydrogens (tertiary/aromatic N) is 2. The molecule has 0 aliphatic heterocycles. The first-order valence-corrected chi connectivity index (χ1v) is 8.12. The lowest BCUT2D eigenvalue weighted by atomic mass is 10.2. The maximum atomic E-state index is 12.6. The Hall–Kier alpha value is -2.40. The van der Waals surface area contributed by atoms with Crippen molar-refractivity contribution < 1.29 is 4.79 Å². The average Bonchev–Trinajstić information content (AvgIpc) is 2.56. The second-order valence-electron chi connectivity index (χ2n) is 5.63. The van der Waals surface area contributed by atoms with E-state index in [9.17, 15) is 4.79 Å². The summed E-state index contributed by atoms with van der Waals surface area (Å²) < 4.78 is -0.618. The summed E-state index contributed by atoms with van der Waals surface area (Å²) in [5.41, 5.74) is 1.68. The normalized spacial score (nSPS) is 11.4. The van der Waals surface area contributed by atoms with Gasteiger partial charge in [-0.1, -0.05) is 18.2 Å². The van der Waals surface area contributed by atoms with Gasteiger partial charge < -0.3 is 5.32 Å². The van der Waals surface area contributed by atoms with Gasteiger partial charge in [0, 0.05) is 34.6 Å². The highest BCUT2D eigenvalue weighted by Crippen LogP contribution is 2.37. The van der Waals surface area contributed by atoms with Crippen LogP contribution < -0.4 is 5.32 Å². The van der Waals surface area contributed by atoms with Gasteiger partial charge in [0.1, 0.15) is 0 Å². The molecule has 0 spiro atoms. The molecule has 2 aromatic heterocycles. The summed E-state index contributed by atoms with van der Waals surface area (Å²) >= 11 is 1.54. The van der Waals surface area contributed by atoms with E-state index >= 15 is 0 Å². The summed E-state index contributed by atoms with van der Waals surface area (Å²) in [5.74, 6) is -0.0467. The van der Waals surface area contributed by atoms with Crippen molar-refractivity contribution in [3.05, 3.63) is 61.1 Å². The van der Waals surface area contributed by atoms with Gasteiger partial charge in [-0.05, 0) is 38.1 Å². The Morgan fingerprint density at radius 2 is 1.78 bits per heavy atom. The number of amides is 1. The van der Waals surface area contributed by atoms with Crippen molar-refractivity contribution in [2.24, 2.45) is 0 Å². The second-order valence-corrected chi connectivity index (χ2v) is 7.29. The summed E-state index contributed by atoms with van der Waals surface area (Å²) in [6.07, 6.45) is 5.10. The van der Waals surface area contributed by atoms with E-state index in [4.69, 9.17) is 0 Å². The van der Waals surface area contributed by atoms with E-state index in [-0.39, 0.29) is 5.91 Å². The number of anilines is 1. The van der Waals surface area contributed by atoms with Gasteiger partial charge in [-0.15, -0.1) is 11.8 Å². The van der Waals surface area contributed by atoms with E-state index in [2.05, 4.69) is 15.3 Å². The quantitative estimate of drug-likeness (QED) is 0.733. The molecule has 1 amide bonds. The molecule has 0 bridgehead atoms. The zero-order chi connectivity index (χ0) is 16.3. The maximum absolute atomic E-state index is 12.6. The second kappa shape index (κ2) is 6.38. The van der Waals surface area contributed by atoms with Crippen molar-refractivity contribution in [2.75, 3.05) is 5.32 Å². The van der Waals surface area contributed by atoms with Gasteiger partial charge >= 0.3 is 0 Å². The molecule has 0 atom stereocenters. The predicted molar refractivity (Wildman–Crippen MR) is 94.5 cm³/mol. The molecular weight excluding hydrogens is 306 g/mol. The van der Waals surface area contributed by atoms with Crippen molar-refractivity contribution in [3.63, 3.8) is 0 Å². The first-order chi connectivity index (χ1) is 11.1. The summed E-state index contributed by atoms with van der Waals surface area (Å²) in [5, 5.41) is 4.00. The lowest BCUT2D eigenvalue weighted by molar-refractivity contribution is -0.117. The molecule has 0 aliphatic carbocycles. The van der Waals surface area contributed by atoms with Crippen LogP contribution in [0.15, 0.2) is 66.0 Å². The van der Waals surface area contributed by atoms with Crippen LogP contribution >= 0.6 is 11.8 Å². The summed E-state index contributed by atoms with van der Waals surface area (Å²) in [6.45, 7) is 3.84. The predicted octanol–water partition coefficient (Wildman–Crippen LogP) is 4.14. The molecule has 0 saturated heterocycles. The first kappa shape index (κ1) is 15.5. The molecular formula is C18H17N3OS. The highest BCUT2D eigenvalue weighted by Gasteiger charge is 2.29. The van der Waals surface area contributed by atoms with Crippen molar-refractivity contribution in [1.29, 1.82) is 0 Å². The SMILES string of the molecule is CC(C)(Sc1ccnc2ccccc12)C(=O)Nc1ccncc1. The minimum Gasteiger partial charge on any atom is -0.325 e. The van der Waals surface area contributed by atoms with Crippen LogP contribution in [0.5, 0.6) is 0 Å². The number of hydrogen-bond acceptors (Lipinski definition) is 4. The third kappa shape index (κ3) is 3.51. The molecule has 0 unspecified atom stereocenters. The molecule has 3 rings (SSSR count). The minimum atomic E-state index is -0.618. The van der Waals surface area contributed by atoms with Crippen LogP contribution in [0, 0.1) is 0 Å². The number of carbonyl (C=O) groups excluding carboxylic acids is 1. The Bertz CT molecular complexity index is 829. The molecule has 3 aromatic rings. The van der Waals surface area contributed by atoms with Crippen LogP contribution in [0.4, 0.5) is 5.69 Å². The number of pyridine rings is 2. The molecule has 2 heterocycles. The summed E-state index contributed by atoms with van der Waals surface area (Å²) in [7, 11) is 0. The molecule has 0 fully saturated rings. The number of carbonyl (C=O) groups is 1. The van der Waals surface area contributed by atoms with E-state index in [1.807, 2.05) is 44.2 Å². The molecule has 116 valence electrons. The zero-order valence-electron chi connectivity index (χ0n) is 13.0. The number of nitrogens with one attached hydrogen (secondary N) is 1. The highest BCUT2D eigenvalue weighted by molar-refractivity contribution is 8.01. The van der Waals surface area contributed by atoms with Crippen molar-refractivity contribution in [2.45, 2.75) is 23.5 Å².